The maximum atomic E-state index is 4.69. The van der Waals surface area contributed by atoms with Crippen molar-refractivity contribution in [1.82, 2.24) is 0 Å². The fourth-order valence-corrected chi connectivity index (χ4v) is 3.72. The van der Waals surface area contributed by atoms with Gasteiger partial charge in [0, 0.05) is 11.8 Å². The van der Waals surface area contributed by atoms with E-state index in [4.69, 9.17) is 4.99 Å². The van der Waals surface area contributed by atoms with Crippen molar-refractivity contribution in [3.05, 3.63) is 90.0 Å². The first kappa shape index (κ1) is 14.2. The Labute approximate surface area is 146 Å². The molecule has 0 heterocycles. The van der Waals surface area contributed by atoms with Gasteiger partial charge in [-0.15, -0.1) is 0 Å². The molecule has 0 amide bonds. The SMILES string of the molecule is Cc1cccc(N=Cc2ccc3ccc4cccc5ccc2c3c45)c1. The Morgan fingerprint density at radius 3 is 2.16 bits per heavy atom. The van der Waals surface area contributed by atoms with Gasteiger partial charge in [-0.1, -0.05) is 66.7 Å². The number of aryl methyl sites for hydroxylation is 1. The Morgan fingerprint density at radius 1 is 0.680 bits per heavy atom. The van der Waals surface area contributed by atoms with Gasteiger partial charge in [0.25, 0.3) is 0 Å². The van der Waals surface area contributed by atoms with Crippen LogP contribution in [0.2, 0.25) is 0 Å². The quantitative estimate of drug-likeness (QED) is 0.255. The molecule has 0 fully saturated rings. The van der Waals surface area contributed by atoms with E-state index >= 15 is 0 Å². The molecule has 0 radical (unpaired) electrons. The van der Waals surface area contributed by atoms with Crippen LogP contribution in [0.5, 0.6) is 0 Å². The molecule has 0 aliphatic heterocycles. The molecule has 0 saturated carbocycles. The van der Waals surface area contributed by atoms with Crippen molar-refractivity contribution in [3.63, 3.8) is 0 Å². The Morgan fingerprint density at radius 2 is 1.36 bits per heavy atom. The summed E-state index contributed by atoms with van der Waals surface area (Å²) in [6.07, 6.45) is 1.99. The van der Waals surface area contributed by atoms with Crippen LogP contribution in [-0.2, 0) is 0 Å². The van der Waals surface area contributed by atoms with Crippen molar-refractivity contribution < 1.29 is 0 Å². The number of hydrogen-bond donors (Lipinski definition) is 0. The number of hydrogen-bond acceptors (Lipinski definition) is 1. The average molecular weight is 319 g/mol. The van der Waals surface area contributed by atoms with Crippen molar-refractivity contribution in [1.29, 1.82) is 0 Å². The summed E-state index contributed by atoms with van der Waals surface area (Å²) in [6, 6.07) is 28.0. The fraction of sp³-hybridized carbons (Fsp3) is 0.0417. The van der Waals surface area contributed by atoms with Crippen molar-refractivity contribution >= 4 is 44.2 Å². The fourth-order valence-electron chi connectivity index (χ4n) is 3.72. The molecule has 1 heteroatoms. The van der Waals surface area contributed by atoms with Crippen molar-refractivity contribution in [2.75, 3.05) is 0 Å². The highest BCUT2D eigenvalue weighted by Gasteiger charge is 2.09. The van der Waals surface area contributed by atoms with Crippen LogP contribution in [0.25, 0.3) is 32.3 Å². The Balaban J connectivity index is 1.76. The molecule has 0 N–H and O–H groups in total. The minimum atomic E-state index is 0.991. The number of rotatable bonds is 2. The van der Waals surface area contributed by atoms with Crippen molar-refractivity contribution in [2.24, 2.45) is 4.99 Å². The molecule has 5 aromatic rings. The second kappa shape index (κ2) is 5.42. The van der Waals surface area contributed by atoms with E-state index in [1.165, 1.54) is 37.9 Å². The van der Waals surface area contributed by atoms with E-state index < -0.39 is 0 Å². The van der Waals surface area contributed by atoms with E-state index in [0.717, 1.165) is 11.3 Å². The molecule has 0 saturated heterocycles. The molecule has 5 rings (SSSR count). The average Bonchev–Trinajstić information content (AvgIpc) is 2.65. The molecule has 25 heavy (non-hydrogen) atoms. The number of benzene rings is 5. The van der Waals surface area contributed by atoms with Crippen LogP contribution in [-0.4, -0.2) is 6.21 Å². The summed E-state index contributed by atoms with van der Waals surface area (Å²) >= 11 is 0. The van der Waals surface area contributed by atoms with Gasteiger partial charge in [0.05, 0.1) is 5.69 Å². The standard InChI is InChI=1S/C24H17N/c1-16-4-2-7-21(14-16)25-15-20-11-10-19-9-8-17-5-3-6-18-12-13-22(20)24(19)23(17)18/h2-15H,1H3. The van der Waals surface area contributed by atoms with Gasteiger partial charge in [-0.2, -0.15) is 0 Å². The first-order valence-corrected chi connectivity index (χ1v) is 8.57. The molecule has 118 valence electrons. The predicted molar refractivity (Wildman–Crippen MR) is 109 cm³/mol. The normalized spacial score (nSPS) is 12.0. The Hall–Kier alpha value is -3.19. The molecule has 0 aliphatic carbocycles. The summed E-state index contributed by atoms with van der Waals surface area (Å²) in [7, 11) is 0. The maximum absolute atomic E-state index is 4.69. The summed E-state index contributed by atoms with van der Waals surface area (Å²) in [5.74, 6) is 0. The Kier molecular flexibility index (Phi) is 3.07. The van der Waals surface area contributed by atoms with E-state index in [2.05, 4.69) is 73.7 Å². The van der Waals surface area contributed by atoms with Gasteiger partial charge in [-0.05, 0) is 56.9 Å². The van der Waals surface area contributed by atoms with Gasteiger partial charge in [-0.3, -0.25) is 4.99 Å². The van der Waals surface area contributed by atoms with Crippen LogP contribution in [0.4, 0.5) is 5.69 Å². The van der Waals surface area contributed by atoms with Gasteiger partial charge in [0.2, 0.25) is 0 Å². The molecule has 0 aromatic heterocycles. The molecule has 0 atom stereocenters. The highest BCUT2D eigenvalue weighted by molar-refractivity contribution is 6.25. The highest BCUT2D eigenvalue weighted by Crippen LogP contribution is 2.35. The van der Waals surface area contributed by atoms with Crippen LogP contribution >= 0.6 is 0 Å². The first-order valence-electron chi connectivity index (χ1n) is 8.57. The third-order valence-corrected chi connectivity index (χ3v) is 4.92. The summed E-state index contributed by atoms with van der Waals surface area (Å²) in [6.45, 7) is 2.09. The second-order valence-corrected chi connectivity index (χ2v) is 6.61. The van der Waals surface area contributed by atoms with E-state index in [0.29, 0.717) is 0 Å². The van der Waals surface area contributed by atoms with Gasteiger partial charge >= 0.3 is 0 Å². The molecule has 0 unspecified atom stereocenters. The third-order valence-electron chi connectivity index (χ3n) is 4.92. The minimum Gasteiger partial charge on any atom is -0.256 e. The smallest absolute Gasteiger partial charge is 0.0632 e. The molecule has 5 aromatic carbocycles. The van der Waals surface area contributed by atoms with Gasteiger partial charge < -0.3 is 0 Å². The predicted octanol–water partition coefficient (Wildman–Crippen LogP) is 6.64. The van der Waals surface area contributed by atoms with Gasteiger partial charge in [-0.25, -0.2) is 0 Å². The lowest BCUT2D eigenvalue weighted by Gasteiger charge is -2.12. The topological polar surface area (TPSA) is 12.4 Å². The molecule has 0 aliphatic rings. The van der Waals surface area contributed by atoms with Crippen LogP contribution in [0.1, 0.15) is 11.1 Å². The summed E-state index contributed by atoms with van der Waals surface area (Å²) in [4.78, 5) is 4.69. The number of nitrogens with zero attached hydrogens (tertiary/aromatic N) is 1. The monoisotopic (exact) mass is 319 g/mol. The van der Waals surface area contributed by atoms with Crippen LogP contribution in [0, 0.1) is 6.92 Å². The molecule has 0 spiro atoms. The molecular formula is C24H17N. The first-order chi connectivity index (χ1) is 12.3. The van der Waals surface area contributed by atoms with Gasteiger partial charge in [0.15, 0.2) is 0 Å². The Bertz CT molecular complexity index is 1230. The van der Waals surface area contributed by atoms with E-state index in [-0.39, 0.29) is 0 Å². The van der Waals surface area contributed by atoms with Crippen LogP contribution < -0.4 is 0 Å². The summed E-state index contributed by atoms with van der Waals surface area (Å²) in [5.41, 5.74) is 3.38. The van der Waals surface area contributed by atoms with E-state index in [9.17, 15) is 0 Å². The van der Waals surface area contributed by atoms with Crippen LogP contribution in [0.3, 0.4) is 0 Å². The summed E-state index contributed by atoms with van der Waals surface area (Å²) < 4.78 is 0. The van der Waals surface area contributed by atoms with Crippen molar-refractivity contribution in [2.45, 2.75) is 6.92 Å². The second-order valence-electron chi connectivity index (χ2n) is 6.61. The van der Waals surface area contributed by atoms with Gasteiger partial charge in [0.1, 0.15) is 0 Å². The number of aliphatic imine (C=N–C) groups is 1. The van der Waals surface area contributed by atoms with E-state index in [1.54, 1.807) is 0 Å². The summed E-state index contributed by atoms with van der Waals surface area (Å²) in [5, 5.41) is 7.82. The largest absolute Gasteiger partial charge is 0.256 e. The zero-order chi connectivity index (χ0) is 16.8. The molecule has 1 nitrogen and oxygen atoms in total. The third kappa shape index (κ3) is 2.28. The minimum absolute atomic E-state index is 0.991. The molecular weight excluding hydrogens is 302 g/mol. The van der Waals surface area contributed by atoms with Crippen LogP contribution in [0.15, 0.2) is 83.9 Å². The molecule has 0 bridgehead atoms. The lowest BCUT2D eigenvalue weighted by atomic mass is 9.92. The zero-order valence-corrected chi connectivity index (χ0v) is 14.0. The lowest BCUT2D eigenvalue weighted by molar-refractivity contribution is 1.43. The van der Waals surface area contributed by atoms with Crippen molar-refractivity contribution in [3.8, 4) is 0 Å². The maximum Gasteiger partial charge on any atom is 0.0632 e. The van der Waals surface area contributed by atoms with E-state index in [1.807, 2.05) is 18.3 Å². The lowest BCUT2D eigenvalue weighted by Crippen LogP contribution is -1.89. The highest BCUT2D eigenvalue weighted by atomic mass is 14.7. The zero-order valence-electron chi connectivity index (χ0n) is 14.0.